The second-order valence-corrected chi connectivity index (χ2v) is 8.54. The Labute approximate surface area is 186 Å². The number of anilines is 1. The van der Waals surface area contributed by atoms with Gasteiger partial charge in [-0.3, -0.25) is 9.69 Å². The molecule has 2 fully saturated rings. The van der Waals surface area contributed by atoms with E-state index in [9.17, 15) is 9.59 Å². The maximum absolute atomic E-state index is 12.4. The zero-order valence-corrected chi connectivity index (χ0v) is 18.9. The standard InChI is InChI=1S/C24H38N4O3/c1-2-20-9-6-7-12-22(20)26-23(29)19-27-14-16-28(17-15-27)24(30)25-13-8-18-31-21-10-4-3-5-11-21/h6-7,9,12,21H,2-5,8,10-11,13-19H2,1H3,(H,25,30)(H,26,29). The van der Waals surface area contributed by atoms with Crippen LogP contribution in [0, 0.1) is 0 Å². The molecule has 0 unspecified atom stereocenters. The van der Waals surface area contributed by atoms with E-state index in [0.717, 1.165) is 30.7 Å². The zero-order valence-electron chi connectivity index (χ0n) is 18.9. The van der Waals surface area contributed by atoms with E-state index in [1.165, 1.54) is 32.1 Å². The number of para-hydroxylation sites is 1. The second kappa shape index (κ2) is 12.7. The van der Waals surface area contributed by atoms with Crippen LogP contribution in [0.25, 0.3) is 0 Å². The highest BCUT2D eigenvalue weighted by molar-refractivity contribution is 5.93. The fourth-order valence-corrected chi connectivity index (χ4v) is 4.31. The topological polar surface area (TPSA) is 73.9 Å². The van der Waals surface area contributed by atoms with Crippen LogP contribution in [0.15, 0.2) is 24.3 Å². The molecule has 0 atom stereocenters. The highest BCUT2D eigenvalue weighted by Crippen LogP contribution is 2.20. The lowest BCUT2D eigenvalue weighted by Crippen LogP contribution is -2.53. The van der Waals surface area contributed by atoms with Crippen molar-refractivity contribution in [2.75, 3.05) is 51.2 Å². The van der Waals surface area contributed by atoms with Gasteiger partial charge < -0.3 is 20.3 Å². The third kappa shape index (κ3) is 7.82. The molecule has 7 nitrogen and oxygen atoms in total. The Bertz CT molecular complexity index is 698. The van der Waals surface area contributed by atoms with E-state index in [-0.39, 0.29) is 11.9 Å². The van der Waals surface area contributed by atoms with Gasteiger partial charge in [0.15, 0.2) is 0 Å². The molecule has 1 aromatic rings. The molecule has 0 aromatic heterocycles. The molecule has 0 spiro atoms. The van der Waals surface area contributed by atoms with Gasteiger partial charge in [0.1, 0.15) is 0 Å². The van der Waals surface area contributed by atoms with Crippen molar-refractivity contribution < 1.29 is 14.3 Å². The van der Waals surface area contributed by atoms with E-state index in [4.69, 9.17) is 4.74 Å². The number of nitrogens with one attached hydrogen (secondary N) is 2. The van der Waals surface area contributed by atoms with Gasteiger partial charge in [-0.05, 0) is 37.3 Å². The maximum atomic E-state index is 12.4. The number of urea groups is 1. The van der Waals surface area contributed by atoms with Crippen LogP contribution >= 0.6 is 0 Å². The summed E-state index contributed by atoms with van der Waals surface area (Å²) in [5.41, 5.74) is 2.03. The van der Waals surface area contributed by atoms with Gasteiger partial charge in [-0.15, -0.1) is 0 Å². The Morgan fingerprint density at radius 1 is 1.06 bits per heavy atom. The van der Waals surface area contributed by atoms with E-state index in [2.05, 4.69) is 22.5 Å². The van der Waals surface area contributed by atoms with E-state index < -0.39 is 0 Å². The highest BCUT2D eigenvalue weighted by Gasteiger charge is 2.22. The van der Waals surface area contributed by atoms with Crippen molar-refractivity contribution in [3.63, 3.8) is 0 Å². The molecule has 7 heteroatoms. The molecule has 1 heterocycles. The van der Waals surface area contributed by atoms with Gasteiger partial charge in [0, 0.05) is 45.0 Å². The number of ether oxygens (including phenoxy) is 1. The lowest BCUT2D eigenvalue weighted by molar-refractivity contribution is -0.117. The Kier molecular flexibility index (Phi) is 9.62. The molecule has 3 rings (SSSR count). The fraction of sp³-hybridized carbons (Fsp3) is 0.667. The third-order valence-electron chi connectivity index (χ3n) is 6.20. The van der Waals surface area contributed by atoms with Crippen LogP contribution < -0.4 is 10.6 Å². The van der Waals surface area contributed by atoms with Gasteiger partial charge in [-0.2, -0.15) is 0 Å². The number of piperazine rings is 1. The predicted octanol–water partition coefficient (Wildman–Crippen LogP) is 3.25. The molecule has 2 aliphatic rings. The summed E-state index contributed by atoms with van der Waals surface area (Å²) in [6.45, 7) is 6.50. The van der Waals surface area contributed by atoms with E-state index >= 15 is 0 Å². The molecule has 1 saturated heterocycles. The lowest BCUT2D eigenvalue weighted by atomic mass is 9.98. The molecule has 1 saturated carbocycles. The Morgan fingerprint density at radius 2 is 1.81 bits per heavy atom. The molecule has 172 valence electrons. The number of aryl methyl sites for hydroxylation is 1. The fourth-order valence-electron chi connectivity index (χ4n) is 4.31. The van der Waals surface area contributed by atoms with Crippen molar-refractivity contribution in [1.29, 1.82) is 0 Å². The van der Waals surface area contributed by atoms with Crippen molar-refractivity contribution in [3.05, 3.63) is 29.8 Å². The summed E-state index contributed by atoms with van der Waals surface area (Å²) in [4.78, 5) is 28.7. The number of benzene rings is 1. The van der Waals surface area contributed by atoms with Crippen molar-refractivity contribution in [2.45, 2.75) is 58.0 Å². The third-order valence-corrected chi connectivity index (χ3v) is 6.20. The molecular weight excluding hydrogens is 392 g/mol. The first-order valence-corrected chi connectivity index (χ1v) is 11.9. The van der Waals surface area contributed by atoms with Crippen LogP contribution in [0.4, 0.5) is 10.5 Å². The van der Waals surface area contributed by atoms with Gasteiger partial charge in [-0.1, -0.05) is 44.4 Å². The monoisotopic (exact) mass is 430 g/mol. The number of rotatable bonds is 9. The summed E-state index contributed by atoms with van der Waals surface area (Å²) in [5.74, 6) is -0.00299. The predicted molar refractivity (Wildman–Crippen MR) is 123 cm³/mol. The highest BCUT2D eigenvalue weighted by atomic mass is 16.5. The van der Waals surface area contributed by atoms with Gasteiger partial charge in [-0.25, -0.2) is 4.79 Å². The number of carbonyl (C=O) groups is 2. The van der Waals surface area contributed by atoms with E-state index in [1.54, 1.807) is 0 Å². The number of hydrogen-bond donors (Lipinski definition) is 2. The van der Waals surface area contributed by atoms with Crippen LogP contribution in [0.5, 0.6) is 0 Å². The first-order valence-electron chi connectivity index (χ1n) is 11.9. The van der Waals surface area contributed by atoms with Crippen LogP contribution in [0.3, 0.4) is 0 Å². The zero-order chi connectivity index (χ0) is 21.9. The molecule has 1 aliphatic carbocycles. The van der Waals surface area contributed by atoms with Crippen molar-refractivity contribution >= 4 is 17.6 Å². The number of carbonyl (C=O) groups excluding carboxylic acids is 2. The van der Waals surface area contributed by atoms with Crippen molar-refractivity contribution in [2.24, 2.45) is 0 Å². The molecule has 0 radical (unpaired) electrons. The molecule has 0 bridgehead atoms. The number of amides is 3. The SMILES string of the molecule is CCc1ccccc1NC(=O)CN1CCN(C(=O)NCCCOC2CCCCC2)CC1. The molecule has 31 heavy (non-hydrogen) atoms. The Morgan fingerprint density at radius 3 is 2.55 bits per heavy atom. The normalized spacial score (nSPS) is 18.0. The molecule has 1 aromatic carbocycles. The average Bonchev–Trinajstić information content (AvgIpc) is 2.80. The van der Waals surface area contributed by atoms with Crippen molar-refractivity contribution in [1.82, 2.24) is 15.1 Å². The number of nitrogens with zero attached hydrogens (tertiary/aromatic N) is 2. The minimum atomic E-state index is -0.0151. The van der Waals surface area contributed by atoms with E-state index in [0.29, 0.717) is 45.4 Å². The minimum Gasteiger partial charge on any atom is -0.378 e. The first kappa shape index (κ1) is 23.5. The van der Waals surface area contributed by atoms with Crippen LogP contribution in [-0.4, -0.2) is 73.7 Å². The molecule has 2 N–H and O–H groups in total. The van der Waals surface area contributed by atoms with Gasteiger partial charge >= 0.3 is 6.03 Å². The van der Waals surface area contributed by atoms with E-state index in [1.807, 2.05) is 29.2 Å². The lowest BCUT2D eigenvalue weighted by Gasteiger charge is -2.34. The quantitative estimate of drug-likeness (QED) is 0.590. The van der Waals surface area contributed by atoms with Gasteiger partial charge in [0.2, 0.25) is 5.91 Å². The van der Waals surface area contributed by atoms with Crippen LogP contribution in [-0.2, 0) is 16.0 Å². The molecule has 1 aliphatic heterocycles. The largest absolute Gasteiger partial charge is 0.378 e. The van der Waals surface area contributed by atoms with Crippen molar-refractivity contribution in [3.8, 4) is 0 Å². The summed E-state index contributed by atoms with van der Waals surface area (Å²) in [5, 5.41) is 6.02. The smallest absolute Gasteiger partial charge is 0.317 e. The van der Waals surface area contributed by atoms with Gasteiger partial charge in [0.05, 0.1) is 12.6 Å². The average molecular weight is 431 g/mol. The molecular formula is C24H38N4O3. The summed E-state index contributed by atoms with van der Waals surface area (Å²) in [6.07, 6.45) is 8.41. The Hall–Kier alpha value is -2.12. The maximum Gasteiger partial charge on any atom is 0.317 e. The summed E-state index contributed by atoms with van der Waals surface area (Å²) in [7, 11) is 0. The van der Waals surface area contributed by atoms with Gasteiger partial charge in [0.25, 0.3) is 0 Å². The number of hydrogen-bond acceptors (Lipinski definition) is 4. The second-order valence-electron chi connectivity index (χ2n) is 8.54. The minimum absolute atomic E-state index is 0.00299. The summed E-state index contributed by atoms with van der Waals surface area (Å²) in [6, 6.07) is 7.89. The summed E-state index contributed by atoms with van der Waals surface area (Å²) < 4.78 is 5.91. The van der Waals surface area contributed by atoms with Crippen LogP contribution in [0.2, 0.25) is 0 Å². The molecule has 3 amide bonds. The summed E-state index contributed by atoms with van der Waals surface area (Å²) >= 11 is 0. The Balaban J connectivity index is 1.28. The first-order chi connectivity index (χ1) is 15.2. The van der Waals surface area contributed by atoms with Crippen LogP contribution in [0.1, 0.15) is 51.0 Å².